The zero-order valence-corrected chi connectivity index (χ0v) is 15.1. The summed E-state index contributed by atoms with van der Waals surface area (Å²) in [6, 6.07) is 0. The van der Waals surface area contributed by atoms with E-state index in [0.717, 1.165) is 17.6 Å². The molecule has 0 aromatic heterocycles. The van der Waals surface area contributed by atoms with Gasteiger partial charge in [0, 0.05) is 18.9 Å². The second kappa shape index (κ2) is 11.4. The third kappa shape index (κ3) is 8.47. The molecule has 0 saturated heterocycles. The number of ketones is 1. The SMILES string of the molecule is CC/C=C\CC1=C(CC[C@H](CCCCC(=O)O)OC(C)=O)C=CC1=O. The van der Waals surface area contributed by atoms with Gasteiger partial charge >= 0.3 is 11.9 Å². The van der Waals surface area contributed by atoms with Crippen LogP contribution in [-0.4, -0.2) is 28.9 Å². The monoisotopic (exact) mass is 348 g/mol. The highest BCUT2D eigenvalue weighted by Crippen LogP contribution is 2.26. The molecule has 0 aromatic rings. The third-order valence-electron chi connectivity index (χ3n) is 4.08. The third-order valence-corrected chi connectivity index (χ3v) is 4.08. The summed E-state index contributed by atoms with van der Waals surface area (Å²) in [7, 11) is 0. The smallest absolute Gasteiger partial charge is 0.303 e. The fourth-order valence-electron chi connectivity index (χ4n) is 2.83. The van der Waals surface area contributed by atoms with Crippen molar-refractivity contribution in [1.29, 1.82) is 0 Å². The maximum Gasteiger partial charge on any atom is 0.303 e. The number of carbonyl (C=O) groups is 3. The van der Waals surface area contributed by atoms with E-state index in [1.54, 1.807) is 6.08 Å². The highest BCUT2D eigenvalue weighted by molar-refractivity contribution is 6.08. The molecule has 1 N–H and O–H groups in total. The maximum absolute atomic E-state index is 12.0. The molecule has 0 aliphatic heterocycles. The van der Waals surface area contributed by atoms with Crippen molar-refractivity contribution in [2.24, 2.45) is 0 Å². The van der Waals surface area contributed by atoms with Crippen LogP contribution in [0.2, 0.25) is 0 Å². The van der Waals surface area contributed by atoms with Gasteiger partial charge in [0.25, 0.3) is 0 Å². The quantitative estimate of drug-likeness (QED) is 0.326. The van der Waals surface area contributed by atoms with Gasteiger partial charge in [-0.3, -0.25) is 14.4 Å². The van der Waals surface area contributed by atoms with Crippen LogP contribution in [0.1, 0.15) is 65.2 Å². The summed E-state index contributed by atoms with van der Waals surface area (Å²) < 4.78 is 5.35. The Bertz CT molecular complexity index is 569. The van der Waals surface area contributed by atoms with Crippen LogP contribution in [0.5, 0.6) is 0 Å². The van der Waals surface area contributed by atoms with Crippen molar-refractivity contribution in [3.05, 3.63) is 35.5 Å². The number of carboxylic acid groups (broad SMARTS) is 1. The Kier molecular flexibility index (Phi) is 9.51. The lowest BCUT2D eigenvalue weighted by Gasteiger charge is -2.17. The maximum atomic E-state index is 12.0. The minimum absolute atomic E-state index is 0.0567. The average Bonchev–Trinajstić information content (AvgIpc) is 2.89. The summed E-state index contributed by atoms with van der Waals surface area (Å²) in [4.78, 5) is 33.8. The molecule has 5 heteroatoms. The highest BCUT2D eigenvalue weighted by atomic mass is 16.5. The van der Waals surface area contributed by atoms with E-state index in [9.17, 15) is 14.4 Å². The first kappa shape index (κ1) is 20.9. The molecule has 0 saturated carbocycles. The lowest BCUT2D eigenvalue weighted by atomic mass is 9.98. The minimum Gasteiger partial charge on any atom is -0.481 e. The molecule has 25 heavy (non-hydrogen) atoms. The molecule has 0 fully saturated rings. The highest BCUT2D eigenvalue weighted by Gasteiger charge is 2.19. The zero-order valence-electron chi connectivity index (χ0n) is 15.1. The van der Waals surface area contributed by atoms with Gasteiger partial charge in [0.05, 0.1) is 0 Å². The van der Waals surface area contributed by atoms with Gasteiger partial charge in [-0.25, -0.2) is 0 Å². The van der Waals surface area contributed by atoms with Crippen LogP contribution in [0, 0.1) is 0 Å². The predicted octanol–water partition coefficient (Wildman–Crippen LogP) is 4.14. The number of carbonyl (C=O) groups excluding carboxylic acids is 2. The van der Waals surface area contributed by atoms with Crippen LogP contribution in [-0.2, 0) is 19.1 Å². The standard InChI is InChI=1S/C20H28O5/c1-3-4-5-9-18-16(12-14-19(18)22)11-13-17(25-15(2)21)8-6-7-10-20(23)24/h4-5,12,14,17H,3,6-11,13H2,1-2H3,(H,23,24)/b5-4-/t17-/m0/s1. The van der Waals surface area contributed by atoms with E-state index in [0.29, 0.717) is 38.5 Å². The van der Waals surface area contributed by atoms with Gasteiger partial charge in [-0.1, -0.05) is 25.2 Å². The number of esters is 1. The van der Waals surface area contributed by atoms with E-state index in [2.05, 4.69) is 6.92 Å². The summed E-state index contributed by atoms with van der Waals surface area (Å²) in [5, 5.41) is 8.68. The molecule has 0 bridgehead atoms. The number of hydrogen-bond acceptors (Lipinski definition) is 4. The Morgan fingerprint density at radius 1 is 1.20 bits per heavy atom. The lowest BCUT2D eigenvalue weighted by molar-refractivity contribution is -0.147. The second-order valence-electron chi connectivity index (χ2n) is 6.19. The first-order chi connectivity index (χ1) is 11.9. The molecule has 1 atom stereocenters. The van der Waals surface area contributed by atoms with Crippen molar-refractivity contribution in [2.45, 2.75) is 71.3 Å². The largest absolute Gasteiger partial charge is 0.481 e. The molecule has 0 aromatic carbocycles. The molecule has 0 unspecified atom stereocenters. The van der Waals surface area contributed by atoms with Crippen molar-refractivity contribution >= 4 is 17.7 Å². The molecule has 0 spiro atoms. The molecule has 0 heterocycles. The first-order valence-corrected chi connectivity index (χ1v) is 8.92. The van der Waals surface area contributed by atoms with Crippen molar-refractivity contribution in [3.63, 3.8) is 0 Å². The van der Waals surface area contributed by atoms with Gasteiger partial charge < -0.3 is 9.84 Å². The fourth-order valence-corrected chi connectivity index (χ4v) is 2.83. The van der Waals surface area contributed by atoms with E-state index in [1.165, 1.54) is 6.92 Å². The van der Waals surface area contributed by atoms with Crippen LogP contribution in [0.4, 0.5) is 0 Å². The molecule has 1 rings (SSSR count). The lowest BCUT2D eigenvalue weighted by Crippen LogP contribution is -2.16. The normalized spacial score (nSPS) is 15.2. The van der Waals surface area contributed by atoms with Gasteiger partial charge in [0.15, 0.2) is 5.78 Å². The van der Waals surface area contributed by atoms with Crippen molar-refractivity contribution in [3.8, 4) is 0 Å². The topological polar surface area (TPSA) is 80.7 Å². The van der Waals surface area contributed by atoms with Crippen LogP contribution < -0.4 is 0 Å². The van der Waals surface area contributed by atoms with E-state index >= 15 is 0 Å². The predicted molar refractivity (Wildman–Crippen MR) is 96.1 cm³/mol. The second-order valence-corrected chi connectivity index (χ2v) is 6.19. The first-order valence-electron chi connectivity index (χ1n) is 8.92. The van der Waals surface area contributed by atoms with Gasteiger partial charge in [0.2, 0.25) is 0 Å². The Labute approximate surface area is 149 Å². The molecule has 0 amide bonds. The van der Waals surface area contributed by atoms with E-state index < -0.39 is 5.97 Å². The Hall–Kier alpha value is -2.17. The minimum atomic E-state index is -0.812. The molecule has 5 nitrogen and oxygen atoms in total. The van der Waals surface area contributed by atoms with Gasteiger partial charge in [-0.15, -0.1) is 0 Å². The Morgan fingerprint density at radius 3 is 2.60 bits per heavy atom. The summed E-state index contributed by atoms with van der Waals surface area (Å²) in [5.74, 6) is -1.09. The fraction of sp³-hybridized carbons (Fsp3) is 0.550. The Balaban J connectivity index is 2.58. The van der Waals surface area contributed by atoms with Crippen LogP contribution in [0.25, 0.3) is 0 Å². The number of carboxylic acids is 1. The number of rotatable bonds is 12. The van der Waals surface area contributed by atoms with E-state index in [1.807, 2.05) is 18.2 Å². The van der Waals surface area contributed by atoms with Gasteiger partial charge in [-0.2, -0.15) is 0 Å². The summed E-state index contributed by atoms with van der Waals surface area (Å²) in [5.41, 5.74) is 1.82. The summed E-state index contributed by atoms with van der Waals surface area (Å²) in [6.07, 6.45) is 12.2. The van der Waals surface area contributed by atoms with E-state index in [4.69, 9.17) is 9.84 Å². The van der Waals surface area contributed by atoms with Crippen LogP contribution in [0.3, 0.4) is 0 Å². The zero-order chi connectivity index (χ0) is 18.7. The average molecular weight is 348 g/mol. The van der Waals surface area contributed by atoms with E-state index in [-0.39, 0.29) is 24.3 Å². The van der Waals surface area contributed by atoms with Gasteiger partial charge in [-0.05, 0) is 56.6 Å². The van der Waals surface area contributed by atoms with Gasteiger partial charge in [0.1, 0.15) is 6.10 Å². The molecular formula is C20H28O5. The number of hydrogen-bond donors (Lipinski definition) is 1. The number of ether oxygens (including phenoxy) is 1. The molecule has 138 valence electrons. The number of allylic oxidation sites excluding steroid dienone is 6. The van der Waals surface area contributed by atoms with Crippen LogP contribution in [0.15, 0.2) is 35.5 Å². The Morgan fingerprint density at radius 2 is 1.96 bits per heavy atom. The number of aliphatic carboxylic acids is 1. The molecule has 1 aliphatic rings. The summed E-state index contributed by atoms with van der Waals surface area (Å²) >= 11 is 0. The molecule has 0 radical (unpaired) electrons. The number of unbranched alkanes of at least 4 members (excludes halogenated alkanes) is 1. The molecular weight excluding hydrogens is 320 g/mol. The van der Waals surface area contributed by atoms with Crippen molar-refractivity contribution < 1.29 is 24.2 Å². The van der Waals surface area contributed by atoms with Crippen molar-refractivity contribution in [1.82, 2.24) is 0 Å². The van der Waals surface area contributed by atoms with Crippen LogP contribution >= 0.6 is 0 Å². The summed E-state index contributed by atoms with van der Waals surface area (Å²) in [6.45, 7) is 3.43. The van der Waals surface area contributed by atoms with Crippen molar-refractivity contribution in [2.75, 3.05) is 0 Å². The molecule has 1 aliphatic carbocycles.